The van der Waals surface area contributed by atoms with Crippen LogP contribution in [0.25, 0.3) is 33.1 Å². The lowest BCUT2D eigenvalue weighted by atomic mass is 9.97. The summed E-state index contributed by atoms with van der Waals surface area (Å²) in [6.07, 6.45) is 1.53. The monoisotopic (exact) mass is 468 g/mol. The Morgan fingerprint density at radius 2 is 1.71 bits per heavy atom. The number of aromatic nitrogens is 4. The highest BCUT2D eigenvalue weighted by Crippen LogP contribution is 2.46. The van der Waals surface area contributed by atoms with Crippen molar-refractivity contribution in [3.8, 4) is 11.3 Å². The van der Waals surface area contributed by atoms with Crippen LogP contribution in [0.2, 0.25) is 0 Å². The van der Waals surface area contributed by atoms with Crippen LogP contribution in [0.5, 0.6) is 0 Å². The lowest BCUT2D eigenvalue weighted by Gasteiger charge is -2.39. The number of aromatic amines is 1. The first-order chi connectivity index (χ1) is 16.7. The van der Waals surface area contributed by atoms with E-state index in [4.69, 9.17) is 4.74 Å². The molecule has 4 heterocycles. The molecule has 0 spiro atoms. The second-order valence-electron chi connectivity index (χ2n) is 10.2. The molecule has 1 aliphatic rings. The number of ether oxygens (including phenoxy) is 1. The predicted molar refractivity (Wildman–Crippen MR) is 138 cm³/mol. The summed E-state index contributed by atoms with van der Waals surface area (Å²) in [5.41, 5.74) is 5.26. The number of H-pyrrole nitrogens is 1. The number of rotatable bonds is 2. The van der Waals surface area contributed by atoms with Crippen molar-refractivity contribution >= 4 is 21.8 Å². The molecule has 1 N–H and O–H groups in total. The van der Waals surface area contributed by atoms with Gasteiger partial charge in [0.15, 0.2) is 0 Å². The van der Waals surface area contributed by atoms with Crippen LogP contribution in [0.4, 0.5) is 0 Å². The summed E-state index contributed by atoms with van der Waals surface area (Å²) in [7, 11) is 3.27. The molecule has 1 unspecified atom stereocenters. The Kier molecular flexibility index (Phi) is 4.54. The molecular formula is C28H28N4O3. The summed E-state index contributed by atoms with van der Waals surface area (Å²) in [5, 5.41) is 1.60. The number of benzene rings is 2. The molecule has 0 amide bonds. The van der Waals surface area contributed by atoms with E-state index < -0.39 is 11.6 Å². The van der Waals surface area contributed by atoms with Crippen molar-refractivity contribution in [2.24, 2.45) is 14.1 Å². The molecule has 35 heavy (non-hydrogen) atoms. The fourth-order valence-corrected chi connectivity index (χ4v) is 5.53. The second-order valence-corrected chi connectivity index (χ2v) is 10.2. The molecule has 0 radical (unpaired) electrons. The van der Waals surface area contributed by atoms with Crippen molar-refractivity contribution in [1.29, 1.82) is 0 Å². The molecule has 5 aromatic rings. The fraction of sp³-hybridized carbons (Fsp3) is 0.286. The first-order valence-corrected chi connectivity index (χ1v) is 11.8. The molecule has 6 rings (SSSR count). The molecule has 7 heteroatoms. The van der Waals surface area contributed by atoms with Crippen molar-refractivity contribution in [2.75, 3.05) is 6.61 Å². The highest BCUT2D eigenvalue weighted by atomic mass is 16.5. The van der Waals surface area contributed by atoms with Gasteiger partial charge in [0.2, 0.25) is 0 Å². The largest absolute Gasteiger partial charge is 0.365 e. The van der Waals surface area contributed by atoms with Crippen LogP contribution < -0.4 is 11.2 Å². The highest BCUT2D eigenvalue weighted by Gasteiger charge is 2.41. The number of para-hydroxylation sites is 1. The Labute approximate surface area is 202 Å². The van der Waals surface area contributed by atoms with Gasteiger partial charge in [0.25, 0.3) is 5.56 Å². The van der Waals surface area contributed by atoms with Gasteiger partial charge in [-0.25, -0.2) is 4.79 Å². The predicted octanol–water partition coefficient (Wildman–Crippen LogP) is 4.35. The Bertz CT molecular complexity index is 1750. The van der Waals surface area contributed by atoms with Crippen LogP contribution in [-0.2, 0) is 24.4 Å². The van der Waals surface area contributed by atoms with Gasteiger partial charge in [0.1, 0.15) is 6.10 Å². The van der Waals surface area contributed by atoms with E-state index in [0.717, 1.165) is 39.0 Å². The summed E-state index contributed by atoms with van der Waals surface area (Å²) in [6, 6.07) is 16.3. The van der Waals surface area contributed by atoms with Crippen molar-refractivity contribution in [1.82, 2.24) is 18.7 Å². The molecule has 2 aromatic carbocycles. The topological polar surface area (TPSA) is 73.9 Å². The Hall–Kier alpha value is -3.84. The van der Waals surface area contributed by atoms with Crippen molar-refractivity contribution in [3.63, 3.8) is 0 Å². The molecule has 178 valence electrons. The number of fused-ring (bicyclic) bond motifs is 4. The van der Waals surface area contributed by atoms with Crippen LogP contribution in [0, 0.1) is 6.92 Å². The molecular weight excluding hydrogens is 440 g/mol. The lowest BCUT2D eigenvalue weighted by molar-refractivity contribution is -0.00642. The average molecular weight is 469 g/mol. The van der Waals surface area contributed by atoms with Gasteiger partial charge in [-0.15, -0.1) is 0 Å². The van der Waals surface area contributed by atoms with Crippen molar-refractivity contribution < 1.29 is 4.74 Å². The summed E-state index contributed by atoms with van der Waals surface area (Å²) < 4.78 is 11.6. The zero-order chi connectivity index (χ0) is 24.6. The van der Waals surface area contributed by atoms with Crippen molar-refractivity contribution in [3.05, 3.63) is 92.4 Å². The highest BCUT2D eigenvalue weighted by molar-refractivity contribution is 5.97. The summed E-state index contributed by atoms with van der Waals surface area (Å²) >= 11 is 0. The van der Waals surface area contributed by atoms with Gasteiger partial charge in [0, 0.05) is 36.8 Å². The molecule has 1 aliphatic heterocycles. The molecule has 0 saturated heterocycles. The van der Waals surface area contributed by atoms with Gasteiger partial charge in [-0.2, -0.15) is 0 Å². The number of hydrogen-bond acceptors (Lipinski definition) is 3. The quantitative estimate of drug-likeness (QED) is 0.419. The zero-order valence-corrected chi connectivity index (χ0v) is 20.5. The molecule has 0 aliphatic carbocycles. The van der Waals surface area contributed by atoms with Crippen molar-refractivity contribution in [2.45, 2.75) is 32.4 Å². The van der Waals surface area contributed by atoms with Crippen LogP contribution in [-0.4, -0.2) is 25.3 Å². The van der Waals surface area contributed by atoms with Crippen LogP contribution in [0.1, 0.15) is 36.8 Å². The van der Waals surface area contributed by atoms with E-state index in [2.05, 4.69) is 41.6 Å². The van der Waals surface area contributed by atoms with Gasteiger partial charge in [0.05, 0.1) is 34.4 Å². The van der Waals surface area contributed by atoms with E-state index in [0.29, 0.717) is 17.5 Å². The van der Waals surface area contributed by atoms with E-state index in [1.54, 1.807) is 18.7 Å². The maximum atomic E-state index is 13.7. The Morgan fingerprint density at radius 3 is 2.46 bits per heavy atom. The summed E-state index contributed by atoms with van der Waals surface area (Å²) in [4.78, 5) is 30.2. The second kappa shape index (κ2) is 7.33. The third-order valence-corrected chi connectivity index (χ3v) is 7.29. The number of nitrogens with one attached hydrogen (secondary N) is 1. The molecule has 1 atom stereocenters. The maximum Gasteiger partial charge on any atom is 0.331 e. The molecule has 0 bridgehead atoms. The van der Waals surface area contributed by atoms with E-state index in [-0.39, 0.29) is 11.2 Å². The van der Waals surface area contributed by atoms with Gasteiger partial charge in [-0.1, -0.05) is 48.0 Å². The fourth-order valence-electron chi connectivity index (χ4n) is 5.53. The first kappa shape index (κ1) is 21.7. The van der Waals surface area contributed by atoms with Crippen LogP contribution in [0.15, 0.2) is 64.3 Å². The summed E-state index contributed by atoms with van der Waals surface area (Å²) in [5.74, 6) is 0. The third-order valence-electron chi connectivity index (χ3n) is 7.29. The normalized spacial score (nSPS) is 17.2. The number of aryl methyl sites for hydroxylation is 2. The van der Waals surface area contributed by atoms with Gasteiger partial charge < -0.3 is 14.3 Å². The molecule has 3 aromatic heterocycles. The van der Waals surface area contributed by atoms with Gasteiger partial charge in [-0.3, -0.25) is 13.9 Å². The Morgan fingerprint density at radius 1 is 1.00 bits per heavy atom. The standard InChI is InChI=1S/C28H28N4O3/c1-16-10-12-17(13-11-16)22-21-23(30(4)27(34)31(5)26(21)33)24-25(35-15-28(2,3)32(22)24)19-14-29-20-9-7-6-8-18(19)20/h6-14,25,29H,15H2,1-5H3. The minimum Gasteiger partial charge on any atom is -0.365 e. The molecule has 0 fully saturated rings. The number of hydrogen-bond donors (Lipinski definition) is 1. The zero-order valence-electron chi connectivity index (χ0n) is 20.5. The third kappa shape index (κ3) is 2.94. The lowest BCUT2D eigenvalue weighted by Crippen LogP contribution is -2.40. The summed E-state index contributed by atoms with van der Waals surface area (Å²) in [6.45, 7) is 6.73. The van der Waals surface area contributed by atoms with E-state index in [9.17, 15) is 9.59 Å². The average Bonchev–Trinajstić information content (AvgIpc) is 3.43. The van der Waals surface area contributed by atoms with Crippen LogP contribution >= 0.6 is 0 Å². The molecule has 0 saturated carbocycles. The van der Waals surface area contributed by atoms with E-state index >= 15 is 0 Å². The minimum atomic E-state index is -0.446. The maximum absolute atomic E-state index is 13.7. The van der Waals surface area contributed by atoms with E-state index in [1.165, 1.54) is 4.57 Å². The smallest absolute Gasteiger partial charge is 0.331 e. The molecule has 7 nitrogen and oxygen atoms in total. The van der Waals surface area contributed by atoms with E-state index in [1.807, 2.05) is 43.5 Å². The van der Waals surface area contributed by atoms with Crippen LogP contribution in [0.3, 0.4) is 0 Å². The Balaban J connectivity index is 1.82. The van der Waals surface area contributed by atoms with Gasteiger partial charge in [-0.05, 0) is 32.4 Å². The minimum absolute atomic E-state index is 0.297. The SMILES string of the molecule is Cc1ccc(-c2c3c(=O)n(C)c(=O)n(C)c3c3n2C(C)(C)COC3c2c[nH]c3ccccc23)cc1. The first-order valence-electron chi connectivity index (χ1n) is 11.8. The van der Waals surface area contributed by atoms with Gasteiger partial charge >= 0.3 is 5.69 Å². The number of nitrogens with zero attached hydrogens (tertiary/aromatic N) is 3.